The Hall–Kier alpha value is -0.160. The molecule has 4 heteroatoms. The molecule has 1 fully saturated rings. The summed E-state index contributed by atoms with van der Waals surface area (Å²) >= 11 is 0. The molecule has 14 heavy (non-hydrogen) atoms. The molecule has 0 aromatic carbocycles. The molecule has 0 radical (unpaired) electrons. The molecule has 0 bridgehead atoms. The Balaban J connectivity index is 2.19. The molecule has 2 N–H and O–H groups in total. The fourth-order valence-corrected chi connectivity index (χ4v) is 1.68. The van der Waals surface area contributed by atoms with E-state index in [1.807, 2.05) is 13.8 Å². The zero-order valence-electron chi connectivity index (χ0n) is 9.20. The van der Waals surface area contributed by atoms with E-state index >= 15 is 0 Å². The molecule has 1 rings (SSSR count). The lowest BCUT2D eigenvalue weighted by atomic mass is 10.2. The zero-order chi connectivity index (χ0) is 10.4. The lowest BCUT2D eigenvalue weighted by molar-refractivity contribution is 0.0316. The van der Waals surface area contributed by atoms with Gasteiger partial charge in [0.25, 0.3) is 0 Å². The van der Waals surface area contributed by atoms with E-state index in [9.17, 15) is 0 Å². The number of hydrogen-bond acceptors (Lipinski definition) is 4. The molecule has 1 aliphatic rings. The summed E-state index contributed by atoms with van der Waals surface area (Å²) in [7, 11) is 0. The number of nitrogens with one attached hydrogen (secondary N) is 1. The number of nitrogens with zero attached hydrogens (tertiary/aromatic N) is 1. The van der Waals surface area contributed by atoms with E-state index in [-0.39, 0.29) is 12.6 Å². The Bertz CT molecular complexity index is 153. The fourth-order valence-electron chi connectivity index (χ4n) is 1.68. The summed E-state index contributed by atoms with van der Waals surface area (Å²) in [6, 6.07) is 0.263. The van der Waals surface area contributed by atoms with Crippen molar-refractivity contribution in [2.24, 2.45) is 0 Å². The second-order valence-corrected chi connectivity index (χ2v) is 4.00. The minimum Gasteiger partial charge on any atom is -0.395 e. The van der Waals surface area contributed by atoms with Crippen molar-refractivity contribution in [1.29, 1.82) is 0 Å². The van der Waals surface area contributed by atoms with Crippen LogP contribution in [-0.2, 0) is 4.74 Å². The smallest absolute Gasteiger partial charge is 0.0599 e. The predicted octanol–water partition coefficient (Wildman–Crippen LogP) is -0.322. The van der Waals surface area contributed by atoms with Crippen molar-refractivity contribution in [2.75, 3.05) is 39.4 Å². The first-order chi connectivity index (χ1) is 6.74. The van der Waals surface area contributed by atoms with E-state index < -0.39 is 0 Å². The van der Waals surface area contributed by atoms with Gasteiger partial charge in [0.1, 0.15) is 0 Å². The van der Waals surface area contributed by atoms with Crippen LogP contribution in [0.5, 0.6) is 0 Å². The highest BCUT2D eigenvalue weighted by molar-refractivity contribution is 4.78. The Morgan fingerprint density at radius 3 is 3.00 bits per heavy atom. The second kappa shape index (κ2) is 6.35. The van der Waals surface area contributed by atoms with Gasteiger partial charge in [0.15, 0.2) is 0 Å². The molecule has 84 valence electrons. The van der Waals surface area contributed by atoms with Crippen molar-refractivity contribution in [3.8, 4) is 0 Å². The third-order valence-corrected chi connectivity index (χ3v) is 2.51. The Morgan fingerprint density at radius 1 is 1.57 bits per heavy atom. The number of rotatable bonds is 5. The number of ether oxygens (including phenoxy) is 1. The lowest BCUT2D eigenvalue weighted by Gasteiger charge is -2.35. The standard InChI is InChI=1S/C10H22N2O2/c1-9(2)14-6-5-12-4-3-11-7-10(12)8-13/h9-11,13H,3-8H2,1-2H3. The topological polar surface area (TPSA) is 44.7 Å². The summed E-state index contributed by atoms with van der Waals surface area (Å²) in [5, 5.41) is 12.4. The number of aliphatic hydroxyl groups excluding tert-OH is 1. The van der Waals surface area contributed by atoms with Gasteiger partial charge in [-0.25, -0.2) is 0 Å². The van der Waals surface area contributed by atoms with Gasteiger partial charge in [-0.1, -0.05) is 0 Å². The first-order valence-electron chi connectivity index (χ1n) is 5.41. The van der Waals surface area contributed by atoms with Crippen LogP contribution in [0.25, 0.3) is 0 Å². The van der Waals surface area contributed by atoms with Crippen LogP contribution in [0.1, 0.15) is 13.8 Å². The van der Waals surface area contributed by atoms with Crippen molar-refractivity contribution in [3.63, 3.8) is 0 Å². The summed E-state index contributed by atoms with van der Waals surface area (Å²) < 4.78 is 5.49. The van der Waals surface area contributed by atoms with Gasteiger partial charge < -0.3 is 15.2 Å². The number of hydrogen-bond donors (Lipinski definition) is 2. The number of aliphatic hydroxyl groups is 1. The maximum atomic E-state index is 9.15. The van der Waals surface area contributed by atoms with Gasteiger partial charge in [-0.15, -0.1) is 0 Å². The molecular formula is C10H22N2O2. The van der Waals surface area contributed by atoms with Gasteiger partial charge >= 0.3 is 0 Å². The maximum Gasteiger partial charge on any atom is 0.0599 e. The molecule has 4 nitrogen and oxygen atoms in total. The summed E-state index contributed by atoms with van der Waals surface area (Å²) in [5.74, 6) is 0. The Morgan fingerprint density at radius 2 is 2.36 bits per heavy atom. The minimum absolute atomic E-state index is 0.231. The monoisotopic (exact) mass is 202 g/mol. The van der Waals surface area contributed by atoms with Crippen LogP contribution in [0.2, 0.25) is 0 Å². The summed E-state index contributed by atoms with van der Waals surface area (Å²) in [6.07, 6.45) is 0.297. The number of piperazine rings is 1. The molecule has 0 amide bonds. The fraction of sp³-hybridized carbons (Fsp3) is 1.00. The second-order valence-electron chi connectivity index (χ2n) is 4.00. The first-order valence-corrected chi connectivity index (χ1v) is 5.41. The molecular weight excluding hydrogens is 180 g/mol. The molecule has 0 saturated carbocycles. The van der Waals surface area contributed by atoms with Gasteiger partial charge in [-0.3, -0.25) is 4.90 Å². The van der Waals surface area contributed by atoms with E-state index in [0.717, 1.165) is 32.8 Å². The lowest BCUT2D eigenvalue weighted by Crippen LogP contribution is -2.53. The molecule has 1 saturated heterocycles. The van der Waals surface area contributed by atoms with Crippen LogP contribution in [0, 0.1) is 0 Å². The van der Waals surface area contributed by atoms with Crippen molar-refractivity contribution < 1.29 is 9.84 Å². The van der Waals surface area contributed by atoms with Crippen LogP contribution < -0.4 is 5.32 Å². The molecule has 1 atom stereocenters. The summed E-state index contributed by atoms with van der Waals surface area (Å²) in [6.45, 7) is 8.90. The third kappa shape index (κ3) is 3.92. The SMILES string of the molecule is CC(C)OCCN1CCNCC1CO. The van der Waals surface area contributed by atoms with Crippen LogP contribution in [-0.4, -0.2) is 61.5 Å². The maximum absolute atomic E-state index is 9.15. The zero-order valence-corrected chi connectivity index (χ0v) is 9.20. The highest BCUT2D eigenvalue weighted by Crippen LogP contribution is 2.02. The van der Waals surface area contributed by atoms with Gasteiger partial charge in [-0.2, -0.15) is 0 Å². The first kappa shape index (κ1) is 11.9. The van der Waals surface area contributed by atoms with Crippen LogP contribution in [0.15, 0.2) is 0 Å². The predicted molar refractivity (Wildman–Crippen MR) is 56.4 cm³/mol. The molecule has 1 unspecified atom stereocenters. The quantitative estimate of drug-likeness (QED) is 0.641. The highest BCUT2D eigenvalue weighted by Gasteiger charge is 2.20. The van der Waals surface area contributed by atoms with E-state index in [4.69, 9.17) is 9.84 Å². The van der Waals surface area contributed by atoms with Gasteiger partial charge in [0.05, 0.1) is 19.3 Å². The normalized spacial score (nSPS) is 24.4. The summed E-state index contributed by atoms with van der Waals surface area (Å²) in [4.78, 5) is 2.29. The molecule has 0 aromatic heterocycles. The molecule has 0 spiro atoms. The van der Waals surface area contributed by atoms with E-state index in [1.54, 1.807) is 0 Å². The molecule has 0 aromatic rings. The van der Waals surface area contributed by atoms with Crippen molar-refractivity contribution in [1.82, 2.24) is 10.2 Å². The molecule has 1 aliphatic heterocycles. The van der Waals surface area contributed by atoms with Crippen molar-refractivity contribution in [2.45, 2.75) is 26.0 Å². The van der Waals surface area contributed by atoms with Crippen molar-refractivity contribution >= 4 is 0 Å². The average Bonchev–Trinajstić information content (AvgIpc) is 2.18. The average molecular weight is 202 g/mol. The summed E-state index contributed by atoms with van der Waals surface area (Å²) in [5.41, 5.74) is 0. The van der Waals surface area contributed by atoms with Gasteiger partial charge in [0.2, 0.25) is 0 Å². The molecule has 0 aliphatic carbocycles. The Labute approximate surface area is 86.2 Å². The largest absolute Gasteiger partial charge is 0.395 e. The van der Waals surface area contributed by atoms with Crippen LogP contribution in [0.4, 0.5) is 0 Å². The highest BCUT2D eigenvalue weighted by atomic mass is 16.5. The van der Waals surface area contributed by atoms with Gasteiger partial charge in [0, 0.05) is 32.2 Å². The van der Waals surface area contributed by atoms with E-state index in [1.165, 1.54) is 0 Å². The third-order valence-electron chi connectivity index (χ3n) is 2.51. The minimum atomic E-state index is 0.231. The Kier molecular flexibility index (Phi) is 5.40. The molecule has 1 heterocycles. The van der Waals surface area contributed by atoms with Gasteiger partial charge in [-0.05, 0) is 13.8 Å². The van der Waals surface area contributed by atoms with Crippen LogP contribution >= 0.6 is 0 Å². The van der Waals surface area contributed by atoms with E-state index in [2.05, 4.69) is 10.2 Å². The van der Waals surface area contributed by atoms with Crippen LogP contribution in [0.3, 0.4) is 0 Å². The van der Waals surface area contributed by atoms with E-state index in [0.29, 0.717) is 6.10 Å². The van der Waals surface area contributed by atoms with Crippen molar-refractivity contribution in [3.05, 3.63) is 0 Å².